The molecule has 1 aliphatic rings. The quantitative estimate of drug-likeness (QED) is 0.806. The van der Waals surface area contributed by atoms with Crippen LogP contribution in [-0.2, 0) is 10.0 Å². The second-order valence-electron chi connectivity index (χ2n) is 5.01. The number of halogens is 1. The molecule has 0 bridgehead atoms. The number of rotatable bonds is 3. The molecule has 2 heterocycles. The van der Waals surface area contributed by atoms with Gasteiger partial charge >= 0.3 is 0 Å². The molecule has 0 radical (unpaired) electrons. The SMILES string of the molecule is O=S(=O)(c1cccs1)N1CCSC(c2ccccc2Cl)CC1. The van der Waals surface area contributed by atoms with Crippen LogP contribution in [0.25, 0.3) is 0 Å². The predicted molar refractivity (Wildman–Crippen MR) is 94.3 cm³/mol. The summed E-state index contributed by atoms with van der Waals surface area (Å²) in [6, 6.07) is 11.3. The lowest BCUT2D eigenvalue weighted by molar-refractivity contribution is 0.429. The lowest BCUT2D eigenvalue weighted by Crippen LogP contribution is -2.32. The Morgan fingerprint density at radius 2 is 1.95 bits per heavy atom. The highest BCUT2D eigenvalue weighted by Crippen LogP contribution is 2.38. The number of nitrogens with zero attached hydrogens (tertiary/aromatic N) is 1. The van der Waals surface area contributed by atoms with Gasteiger partial charge in [-0.3, -0.25) is 0 Å². The van der Waals surface area contributed by atoms with E-state index in [2.05, 4.69) is 0 Å². The van der Waals surface area contributed by atoms with Gasteiger partial charge in [0.25, 0.3) is 10.0 Å². The van der Waals surface area contributed by atoms with Crippen LogP contribution in [0.15, 0.2) is 46.0 Å². The minimum absolute atomic E-state index is 0.247. The predicted octanol–water partition coefficient (Wildman–Crippen LogP) is 4.27. The van der Waals surface area contributed by atoms with Crippen LogP contribution in [0.1, 0.15) is 17.2 Å². The Morgan fingerprint density at radius 1 is 1.14 bits per heavy atom. The Morgan fingerprint density at radius 3 is 2.68 bits per heavy atom. The smallest absolute Gasteiger partial charge is 0.206 e. The molecule has 0 spiro atoms. The summed E-state index contributed by atoms with van der Waals surface area (Å²) in [4.78, 5) is 0. The van der Waals surface area contributed by atoms with Gasteiger partial charge in [0, 0.05) is 29.1 Å². The van der Waals surface area contributed by atoms with E-state index < -0.39 is 10.0 Å². The topological polar surface area (TPSA) is 37.4 Å². The Kier molecular flexibility index (Phi) is 5.14. The minimum Gasteiger partial charge on any atom is -0.206 e. The number of thioether (sulfide) groups is 1. The maximum atomic E-state index is 12.6. The second kappa shape index (κ2) is 6.93. The summed E-state index contributed by atoms with van der Waals surface area (Å²) >= 11 is 9.33. The van der Waals surface area contributed by atoms with E-state index in [9.17, 15) is 8.42 Å². The summed E-state index contributed by atoms with van der Waals surface area (Å²) in [5.41, 5.74) is 1.10. The molecule has 0 saturated carbocycles. The monoisotopic (exact) mass is 373 g/mol. The van der Waals surface area contributed by atoms with Crippen LogP contribution in [0.3, 0.4) is 0 Å². The third-order valence-electron chi connectivity index (χ3n) is 3.64. The Balaban J connectivity index is 1.77. The van der Waals surface area contributed by atoms with E-state index in [4.69, 9.17) is 11.6 Å². The summed E-state index contributed by atoms with van der Waals surface area (Å²) in [5, 5.41) is 2.80. The maximum Gasteiger partial charge on any atom is 0.252 e. The van der Waals surface area contributed by atoms with Crippen LogP contribution in [0.2, 0.25) is 5.02 Å². The molecule has 1 aromatic heterocycles. The van der Waals surface area contributed by atoms with E-state index >= 15 is 0 Å². The van der Waals surface area contributed by atoms with Crippen molar-refractivity contribution >= 4 is 44.7 Å². The molecule has 118 valence electrons. The molecule has 3 nitrogen and oxygen atoms in total. The van der Waals surface area contributed by atoms with Gasteiger partial charge in [-0.1, -0.05) is 35.9 Å². The molecular formula is C15H16ClNO2S3. The van der Waals surface area contributed by atoms with E-state index in [-0.39, 0.29) is 5.25 Å². The molecule has 0 N–H and O–H groups in total. The van der Waals surface area contributed by atoms with E-state index in [1.54, 1.807) is 33.6 Å². The van der Waals surface area contributed by atoms with Crippen LogP contribution >= 0.6 is 34.7 Å². The molecule has 1 fully saturated rings. The fraction of sp³-hybridized carbons (Fsp3) is 0.333. The molecule has 0 amide bonds. The maximum absolute atomic E-state index is 12.6. The zero-order valence-electron chi connectivity index (χ0n) is 11.8. The van der Waals surface area contributed by atoms with Crippen molar-refractivity contribution in [1.82, 2.24) is 4.31 Å². The van der Waals surface area contributed by atoms with Crippen LogP contribution in [-0.4, -0.2) is 31.6 Å². The average Bonchev–Trinajstić information content (AvgIpc) is 2.94. The highest BCUT2D eigenvalue weighted by molar-refractivity contribution is 7.99. The summed E-state index contributed by atoms with van der Waals surface area (Å²) in [7, 11) is -3.35. The van der Waals surface area contributed by atoms with Gasteiger partial charge in [0.05, 0.1) is 0 Å². The Labute approximate surface area is 144 Å². The molecule has 22 heavy (non-hydrogen) atoms. The molecule has 3 rings (SSSR count). The van der Waals surface area contributed by atoms with Gasteiger partial charge < -0.3 is 0 Å². The first-order valence-corrected chi connectivity index (χ1v) is 10.7. The first kappa shape index (κ1) is 16.3. The van der Waals surface area contributed by atoms with Crippen molar-refractivity contribution in [2.75, 3.05) is 18.8 Å². The fourth-order valence-electron chi connectivity index (χ4n) is 2.51. The zero-order valence-corrected chi connectivity index (χ0v) is 15.0. The highest BCUT2D eigenvalue weighted by atomic mass is 35.5. The molecule has 0 aliphatic carbocycles. The minimum atomic E-state index is -3.35. The summed E-state index contributed by atoms with van der Waals surface area (Å²) in [6.07, 6.45) is 0.777. The van der Waals surface area contributed by atoms with E-state index in [1.165, 1.54) is 11.3 Å². The molecule has 1 aromatic carbocycles. The zero-order chi connectivity index (χ0) is 15.6. The van der Waals surface area contributed by atoms with Gasteiger partial charge in [-0.15, -0.1) is 11.3 Å². The van der Waals surface area contributed by atoms with Crippen molar-refractivity contribution < 1.29 is 8.42 Å². The van der Waals surface area contributed by atoms with Gasteiger partial charge in [0.1, 0.15) is 4.21 Å². The molecule has 2 aromatic rings. The van der Waals surface area contributed by atoms with E-state index in [0.717, 1.165) is 22.8 Å². The fourth-order valence-corrected chi connectivity index (χ4v) is 6.83. The Bertz CT molecular complexity index is 731. The third kappa shape index (κ3) is 3.36. The molecule has 1 unspecified atom stereocenters. The van der Waals surface area contributed by atoms with Crippen LogP contribution in [0, 0.1) is 0 Å². The standard InChI is InChI=1S/C15H16ClNO2S3/c16-13-5-2-1-4-12(13)14-7-8-17(9-11-20-14)22(18,19)15-6-3-10-21-15/h1-6,10,14H,7-9,11H2. The van der Waals surface area contributed by atoms with Gasteiger partial charge in [-0.25, -0.2) is 8.42 Å². The van der Waals surface area contributed by atoms with Gasteiger partial charge in [-0.05, 0) is 29.5 Å². The number of benzene rings is 1. The first-order valence-electron chi connectivity index (χ1n) is 6.99. The molecule has 1 atom stereocenters. The van der Waals surface area contributed by atoms with Crippen LogP contribution < -0.4 is 0 Å². The van der Waals surface area contributed by atoms with E-state index in [1.807, 2.05) is 24.3 Å². The number of sulfonamides is 1. The van der Waals surface area contributed by atoms with Crippen LogP contribution in [0.5, 0.6) is 0 Å². The van der Waals surface area contributed by atoms with Crippen molar-refractivity contribution in [2.24, 2.45) is 0 Å². The third-order valence-corrected chi connectivity index (χ3v) is 8.57. The largest absolute Gasteiger partial charge is 0.252 e. The van der Waals surface area contributed by atoms with Gasteiger partial charge in [0.2, 0.25) is 0 Å². The number of hydrogen-bond acceptors (Lipinski definition) is 4. The number of hydrogen-bond donors (Lipinski definition) is 0. The summed E-state index contributed by atoms with van der Waals surface area (Å²) in [6.45, 7) is 1.08. The first-order chi connectivity index (χ1) is 10.6. The summed E-state index contributed by atoms with van der Waals surface area (Å²) in [5.74, 6) is 0.778. The molecule has 1 aliphatic heterocycles. The number of thiophene rings is 1. The van der Waals surface area contributed by atoms with Crippen molar-refractivity contribution in [2.45, 2.75) is 15.9 Å². The van der Waals surface area contributed by atoms with Crippen molar-refractivity contribution in [3.8, 4) is 0 Å². The van der Waals surface area contributed by atoms with Crippen molar-refractivity contribution in [1.29, 1.82) is 0 Å². The van der Waals surface area contributed by atoms with Crippen molar-refractivity contribution in [3.63, 3.8) is 0 Å². The van der Waals surface area contributed by atoms with Crippen LogP contribution in [0.4, 0.5) is 0 Å². The lowest BCUT2D eigenvalue weighted by Gasteiger charge is -2.19. The summed E-state index contributed by atoms with van der Waals surface area (Å²) < 4.78 is 27.2. The van der Waals surface area contributed by atoms with Crippen molar-refractivity contribution in [3.05, 3.63) is 52.4 Å². The normalized spacial score (nSPS) is 20.7. The Hall–Kier alpha value is -0.530. The highest BCUT2D eigenvalue weighted by Gasteiger charge is 2.29. The average molecular weight is 374 g/mol. The van der Waals surface area contributed by atoms with E-state index in [0.29, 0.717) is 17.3 Å². The lowest BCUT2D eigenvalue weighted by atomic mass is 10.1. The molecule has 7 heteroatoms. The van der Waals surface area contributed by atoms with Gasteiger partial charge in [-0.2, -0.15) is 16.1 Å². The molecule has 1 saturated heterocycles. The van der Waals surface area contributed by atoms with Gasteiger partial charge in [0.15, 0.2) is 0 Å². The second-order valence-corrected chi connectivity index (χ2v) is 9.84. The molecular weight excluding hydrogens is 358 g/mol.